The number of carbonyl (C=O) groups excluding carboxylic acids is 1. The molecule has 1 amide bonds. The summed E-state index contributed by atoms with van der Waals surface area (Å²) in [7, 11) is 0. The maximum atomic E-state index is 11.5. The van der Waals surface area contributed by atoms with Crippen LogP contribution in [-0.2, 0) is 0 Å². The van der Waals surface area contributed by atoms with E-state index >= 15 is 0 Å². The van der Waals surface area contributed by atoms with Gasteiger partial charge in [-0.05, 0) is 12.0 Å². The molecule has 0 radical (unpaired) electrons. The fourth-order valence-electron chi connectivity index (χ4n) is 1.96. The number of rotatable bonds is 5. The van der Waals surface area contributed by atoms with E-state index in [9.17, 15) is 9.90 Å². The summed E-state index contributed by atoms with van der Waals surface area (Å²) in [5.41, 5.74) is 6.99. The first-order chi connectivity index (χ1) is 9.04. The summed E-state index contributed by atoms with van der Waals surface area (Å²) in [6.45, 7) is 3.96. The summed E-state index contributed by atoms with van der Waals surface area (Å²) < 4.78 is 0. The van der Waals surface area contributed by atoms with Crippen molar-refractivity contribution in [1.29, 1.82) is 0 Å². The third-order valence-corrected chi connectivity index (χ3v) is 3.18. The zero-order valence-electron chi connectivity index (χ0n) is 11.0. The number of amides is 1. The number of aromatic nitrogens is 2. The molecular formula is C13H18N4O2. The number of aliphatic hydroxyl groups is 1. The minimum absolute atomic E-state index is 0.0237. The Kier molecular flexibility index (Phi) is 3.71. The molecule has 102 valence electrons. The number of anilines is 1. The van der Waals surface area contributed by atoms with Crippen LogP contribution in [0.2, 0.25) is 0 Å². The van der Waals surface area contributed by atoms with E-state index in [0.29, 0.717) is 16.9 Å². The van der Waals surface area contributed by atoms with Crippen LogP contribution in [0.4, 0.5) is 5.69 Å². The van der Waals surface area contributed by atoms with Crippen molar-refractivity contribution in [3.63, 3.8) is 0 Å². The summed E-state index contributed by atoms with van der Waals surface area (Å²) in [6.07, 6.45) is 3.19. The van der Waals surface area contributed by atoms with Gasteiger partial charge in [0.1, 0.15) is 5.65 Å². The highest BCUT2D eigenvalue weighted by atomic mass is 16.3. The van der Waals surface area contributed by atoms with Gasteiger partial charge in [0.05, 0.1) is 23.9 Å². The topological polar surface area (TPSA) is 104 Å². The number of nitrogens with zero attached hydrogens (tertiary/aromatic N) is 1. The molecule has 1 atom stereocenters. The van der Waals surface area contributed by atoms with Crippen molar-refractivity contribution in [2.75, 3.05) is 11.9 Å². The molecule has 0 aliphatic carbocycles. The van der Waals surface area contributed by atoms with Crippen LogP contribution in [0.3, 0.4) is 0 Å². The average molecular weight is 262 g/mol. The monoisotopic (exact) mass is 262 g/mol. The largest absolute Gasteiger partial charge is 0.394 e. The van der Waals surface area contributed by atoms with E-state index in [1.807, 2.05) is 19.9 Å². The van der Waals surface area contributed by atoms with Gasteiger partial charge >= 0.3 is 0 Å². The Morgan fingerprint density at radius 2 is 2.32 bits per heavy atom. The van der Waals surface area contributed by atoms with Gasteiger partial charge < -0.3 is 21.1 Å². The van der Waals surface area contributed by atoms with Gasteiger partial charge in [-0.1, -0.05) is 13.8 Å². The molecule has 0 aromatic carbocycles. The second kappa shape index (κ2) is 5.27. The molecule has 2 aromatic heterocycles. The molecule has 5 N–H and O–H groups in total. The van der Waals surface area contributed by atoms with Crippen LogP contribution in [0.1, 0.15) is 24.2 Å². The molecular weight excluding hydrogens is 244 g/mol. The summed E-state index contributed by atoms with van der Waals surface area (Å²) in [5, 5.41) is 13.4. The zero-order chi connectivity index (χ0) is 14.0. The van der Waals surface area contributed by atoms with E-state index in [0.717, 1.165) is 5.39 Å². The standard InChI is InChI=1S/C13H18N4O2/c1-7(2)10(6-18)17-11-8-3-4-15-13(8)16-5-9(11)12(14)19/h3-5,7,10,18H,6H2,1-2H3,(H2,14,19)(H2,15,16,17)/t10-/m1/s1. The highest BCUT2D eigenvalue weighted by molar-refractivity contribution is 6.05. The van der Waals surface area contributed by atoms with Crippen molar-refractivity contribution in [1.82, 2.24) is 9.97 Å². The molecule has 0 aliphatic rings. The molecule has 19 heavy (non-hydrogen) atoms. The van der Waals surface area contributed by atoms with Gasteiger partial charge in [-0.3, -0.25) is 4.79 Å². The number of fused-ring (bicyclic) bond motifs is 1. The predicted octanol–water partition coefficient (Wildman–Crippen LogP) is 1.09. The zero-order valence-corrected chi connectivity index (χ0v) is 11.0. The molecule has 0 fully saturated rings. The summed E-state index contributed by atoms with van der Waals surface area (Å²) in [4.78, 5) is 18.6. The van der Waals surface area contributed by atoms with Gasteiger partial charge in [0.25, 0.3) is 5.91 Å². The molecule has 2 heterocycles. The minimum Gasteiger partial charge on any atom is -0.394 e. The fourth-order valence-corrected chi connectivity index (χ4v) is 1.96. The number of carbonyl (C=O) groups is 1. The lowest BCUT2D eigenvalue weighted by Crippen LogP contribution is -2.30. The molecule has 2 aromatic rings. The molecule has 6 nitrogen and oxygen atoms in total. The van der Waals surface area contributed by atoms with E-state index in [1.165, 1.54) is 6.20 Å². The van der Waals surface area contributed by atoms with E-state index in [4.69, 9.17) is 5.73 Å². The Hall–Kier alpha value is -2.08. The maximum Gasteiger partial charge on any atom is 0.252 e. The van der Waals surface area contributed by atoms with Gasteiger partial charge in [-0.25, -0.2) is 4.98 Å². The number of pyridine rings is 1. The number of hydrogen-bond acceptors (Lipinski definition) is 4. The number of aliphatic hydroxyl groups excluding tert-OH is 1. The molecule has 0 saturated heterocycles. The lowest BCUT2D eigenvalue weighted by Gasteiger charge is -2.22. The number of aromatic amines is 1. The summed E-state index contributed by atoms with van der Waals surface area (Å²) in [6, 6.07) is 1.67. The molecule has 0 bridgehead atoms. The van der Waals surface area contributed by atoms with Gasteiger partial charge in [0.2, 0.25) is 0 Å². The Balaban J connectivity index is 2.51. The van der Waals surface area contributed by atoms with Crippen molar-refractivity contribution in [3.05, 3.63) is 24.0 Å². The lowest BCUT2D eigenvalue weighted by atomic mass is 10.0. The quantitative estimate of drug-likeness (QED) is 0.647. The predicted molar refractivity (Wildman–Crippen MR) is 73.9 cm³/mol. The van der Waals surface area contributed by atoms with Crippen LogP contribution in [0.5, 0.6) is 0 Å². The summed E-state index contributed by atoms with van der Waals surface area (Å²) >= 11 is 0. The third-order valence-electron chi connectivity index (χ3n) is 3.18. The highest BCUT2D eigenvalue weighted by Crippen LogP contribution is 2.26. The van der Waals surface area contributed by atoms with Crippen LogP contribution in [-0.4, -0.2) is 33.6 Å². The first-order valence-electron chi connectivity index (χ1n) is 6.18. The van der Waals surface area contributed by atoms with Crippen LogP contribution < -0.4 is 11.1 Å². The van der Waals surface area contributed by atoms with Gasteiger partial charge in [0.15, 0.2) is 0 Å². The second-order valence-corrected chi connectivity index (χ2v) is 4.83. The van der Waals surface area contributed by atoms with Crippen molar-refractivity contribution < 1.29 is 9.90 Å². The summed E-state index contributed by atoms with van der Waals surface area (Å²) in [5.74, 6) is -0.327. The van der Waals surface area contributed by atoms with Crippen molar-refractivity contribution in [3.8, 4) is 0 Å². The number of nitrogens with one attached hydrogen (secondary N) is 2. The molecule has 6 heteroatoms. The molecule has 0 aliphatic heterocycles. The Bertz CT molecular complexity index is 591. The van der Waals surface area contributed by atoms with E-state index < -0.39 is 5.91 Å². The van der Waals surface area contributed by atoms with Crippen molar-refractivity contribution in [2.24, 2.45) is 11.7 Å². The van der Waals surface area contributed by atoms with Crippen molar-refractivity contribution in [2.45, 2.75) is 19.9 Å². The highest BCUT2D eigenvalue weighted by Gasteiger charge is 2.19. The van der Waals surface area contributed by atoms with E-state index in [1.54, 1.807) is 6.20 Å². The Morgan fingerprint density at radius 3 is 2.89 bits per heavy atom. The SMILES string of the molecule is CC(C)[C@@H](CO)Nc1c(C(N)=O)cnc2[nH]ccc12. The maximum absolute atomic E-state index is 11.5. The van der Waals surface area contributed by atoms with Gasteiger partial charge in [0, 0.05) is 17.8 Å². The second-order valence-electron chi connectivity index (χ2n) is 4.83. The van der Waals surface area contributed by atoms with Gasteiger partial charge in [-0.2, -0.15) is 0 Å². The number of nitrogens with two attached hydrogens (primary N) is 1. The first-order valence-corrected chi connectivity index (χ1v) is 6.18. The third kappa shape index (κ3) is 2.53. The minimum atomic E-state index is -0.543. The first kappa shape index (κ1) is 13.4. The van der Waals surface area contributed by atoms with Crippen LogP contribution in [0.15, 0.2) is 18.5 Å². The van der Waals surface area contributed by atoms with E-state index in [2.05, 4.69) is 15.3 Å². The van der Waals surface area contributed by atoms with Crippen LogP contribution >= 0.6 is 0 Å². The van der Waals surface area contributed by atoms with Gasteiger partial charge in [-0.15, -0.1) is 0 Å². The van der Waals surface area contributed by atoms with Crippen LogP contribution in [0.25, 0.3) is 11.0 Å². The molecule has 0 spiro atoms. The fraction of sp³-hybridized carbons (Fsp3) is 0.385. The number of primary amides is 1. The van der Waals surface area contributed by atoms with Crippen LogP contribution in [0, 0.1) is 5.92 Å². The average Bonchev–Trinajstić information content (AvgIpc) is 2.83. The van der Waals surface area contributed by atoms with E-state index in [-0.39, 0.29) is 18.6 Å². The normalized spacial score (nSPS) is 12.8. The smallest absolute Gasteiger partial charge is 0.252 e. The number of H-pyrrole nitrogens is 1. The number of hydrogen-bond donors (Lipinski definition) is 4. The molecule has 0 saturated carbocycles. The lowest BCUT2D eigenvalue weighted by molar-refractivity contribution is 0.100. The Labute approximate surface area is 111 Å². The Morgan fingerprint density at radius 1 is 1.58 bits per heavy atom. The molecule has 0 unspecified atom stereocenters. The van der Waals surface area contributed by atoms with Crippen molar-refractivity contribution >= 4 is 22.6 Å². The molecule has 2 rings (SSSR count).